The molecule has 0 radical (unpaired) electrons. The standard InChI is InChI=1S/C11H15BrN2O2/c1-15-5-2-6-16-10-7-8(12)3-4-9(10)11(13)14/h3-4,7H,2,5-6H2,1H3,(H3,13,14). The van der Waals surface area contributed by atoms with Crippen molar-refractivity contribution >= 4 is 21.8 Å². The topological polar surface area (TPSA) is 68.3 Å². The summed E-state index contributed by atoms with van der Waals surface area (Å²) in [4.78, 5) is 0. The second-order valence-electron chi connectivity index (χ2n) is 3.25. The molecule has 0 saturated carbocycles. The first kappa shape index (κ1) is 13.0. The summed E-state index contributed by atoms with van der Waals surface area (Å²) in [6.07, 6.45) is 0.806. The molecule has 0 aliphatic carbocycles. The van der Waals surface area contributed by atoms with E-state index in [0.29, 0.717) is 24.5 Å². The first-order valence-electron chi connectivity index (χ1n) is 4.91. The number of hydrogen-bond donors (Lipinski definition) is 2. The highest BCUT2D eigenvalue weighted by molar-refractivity contribution is 9.10. The highest BCUT2D eigenvalue weighted by Gasteiger charge is 2.06. The van der Waals surface area contributed by atoms with Crippen molar-refractivity contribution in [1.82, 2.24) is 0 Å². The van der Waals surface area contributed by atoms with Gasteiger partial charge in [-0.2, -0.15) is 0 Å². The molecular weight excluding hydrogens is 272 g/mol. The molecule has 0 unspecified atom stereocenters. The lowest BCUT2D eigenvalue weighted by Crippen LogP contribution is -2.13. The van der Waals surface area contributed by atoms with E-state index < -0.39 is 0 Å². The minimum atomic E-state index is 0.00856. The number of ether oxygens (including phenoxy) is 2. The monoisotopic (exact) mass is 286 g/mol. The Morgan fingerprint density at radius 2 is 2.19 bits per heavy atom. The molecule has 0 aromatic heterocycles. The van der Waals surface area contributed by atoms with Crippen LogP contribution >= 0.6 is 15.9 Å². The zero-order valence-corrected chi connectivity index (χ0v) is 10.7. The van der Waals surface area contributed by atoms with Crippen molar-refractivity contribution < 1.29 is 9.47 Å². The van der Waals surface area contributed by atoms with Crippen LogP contribution in [0.1, 0.15) is 12.0 Å². The summed E-state index contributed by atoms with van der Waals surface area (Å²) in [6.45, 7) is 1.20. The van der Waals surface area contributed by atoms with Gasteiger partial charge in [0.2, 0.25) is 0 Å². The van der Waals surface area contributed by atoms with Crippen LogP contribution in [0.5, 0.6) is 5.75 Å². The first-order chi connectivity index (χ1) is 7.65. The number of rotatable bonds is 6. The van der Waals surface area contributed by atoms with Gasteiger partial charge in [0, 0.05) is 24.6 Å². The van der Waals surface area contributed by atoms with E-state index in [9.17, 15) is 0 Å². The third-order valence-electron chi connectivity index (χ3n) is 1.98. The molecule has 0 aliphatic heterocycles. The van der Waals surface area contributed by atoms with Crippen LogP contribution in [-0.2, 0) is 4.74 Å². The Morgan fingerprint density at radius 3 is 2.81 bits per heavy atom. The Kier molecular flexibility index (Phi) is 5.28. The molecular formula is C11H15BrN2O2. The largest absolute Gasteiger partial charge is 0.493 e. The van der Waals surface area contributed by atoms with Crippen molar-refractivity contribution in [2.75, 3.05) is 20.3 Å². The predicted molar refractivity (Wildman–Crippen MR) is 67.1 cm³/mol. The van der Waals surface area contributed by atoms with E-state index >= 15 is 0 Å². The van der Waals surface area contributed by atoms with Gasteiger partial charge in [0.25, 0.3) is 0 Å². The summed E-state index contributed by atoms with van der Waals surface area (Å²) in [5.41, 5.74) is 6.07. The fraction of sp³-hybridized carbons (Fsp3) is 0.364. The lowest BCUT2D eigenvalue weighted by Gasteiger charge is -2.10. The van der Waals surface area contributed by atoms with Crippen molar-refractivity contribution in [3.63, 3.8) is 0 Å². The third kappa shape index (κ3) is 3.83. The number of hydrogen-bond acceptors (Lipinski definition) is 3. The Labute approximate surface area is 103 Å². The average Bonchev–Trinajstić information content (AvgIpc) is 2.24. The van der Waals surface area contributed by atoms with Gasteiger partial charge in [0.05, 0.1) is 12.2 Å². The van der Waals surface area contributed by atoms with E-state index in [2.05, 4.69) is 15.9 Å². The van der Waals surface area contributed by atoms with Gasteiger partial charge in [-0.1, -0.05) is 15.9 Å². The zero-order valence-electron chi connectivity index (χ0n) is 9.13. The number of nitrogen functional groups attached to an aromatic ring is 1. The van der Waals surface area contributed by atoms with E-state index in [1.165, 1.54) is 0 Å². The Hall–Kier alpha value is -1.07. The summed E-state index contributed by atoms with van der Waals surface area (Å²) < 4.78 is 11.4. The van der Waals surface area contributed by atoms with Crippen LogP contribution in [0.2, 0.25) is 0 Å². The molecule has 0 saturated heterocycles. The molecule has 16 heavy (non-hydrogen) atoms. The SMILES string of the molecule is COCCCOc1cc(Br)ccc1C(=N)N. The summed E-state index contributed by atoms with van der Waals surface area (Å²) >= 11 is 3.35. The molecule has 0 amide bonds. The second-order valence-corrected chi connectivity index (χ2v) is 4.16. The van der Waals surface area contributed by atoms with Crippen LogP contribution in [0.4, 0.5) is 0 Å². The Balaban J connectivity index is 2.68. The quantitative estimate of drug-likeness (QED) is 0.478. The van der Waals surface area contributed by atoms with Gasteiger partial charge in [-0.3, -0.25) is 5.41 Å². The summed E-state index contributed by atoms with van der Waals surface area (Å²) in [5.74, 6) is 0.632. The number of nitrogens with two attached hydrogens (primary N) is 1. The molecule has 1 aromatic carbocycles. The Bertz CT molecular complexity index is 369. The van der Waals surface area contributed by atoms with Gasteiger partial charge in [-0.25, -0.2) is 0 Å². The second kappa shape index (κ2) is 6.50. The molecule has 1 aromatic rings. The van der Waals surface area contributed by atoms with Crippen molar-refractivity contribution in [3.05, 3.63) is 28.2 Å². The fourth-order valence-corrected chi connectivity index (χ4v) is 1.56. The average molecular weight is 287 g/mol. The lowest BCUT2D eigenvalue weighted by atomic mass is 10.2. The first-order valence-corrected chi connectivity index (χ1v) is 5.70. The summed E-state index contributed by atoms with van der Waals surface area (Å²) in [7, 11) is 1.65. The smallest absolute Gasteiger partial charge is 0.131 e. The minimum absolute atomic E-state index is 0.00856. The van der Waals surface area contributed by atoms with Gasteiger partial charge in [-0.15, -0.1) is 0 Å². The van der Waals surface area contributed by atoms with Crippen LogP contribution in [-0.4, -0.2) is 26.2 Å². The van der Waals surface area contributed by atoms with Crippen molar-refractivity contribution in [3.8, 4) is 5.75 Å². The number of methoxy groups -OCH3 is 1. The number of halogens is 1. The predicted octanol–water partition coefficient (Wildman–Crippen LogP) is 2.15. The van der Waals surface area contributed by atoms with Crippen molar-refractivity contribution in [2.45, 2.75) is 6.42 Å². The van der Waals surface area contributed by atoms with Gasteiger partial charge < -0.3 is 15.2 Å². The molecule has 88 valence electrons. The molecule has 0 aliphatic rings. The number of nitrogens with one attached hydrogen (secondary N) is 1. The van der Waals surface area contributed by atoms with Crippen molar-refractivity contribution in [2.24, 2.45) is 5.73 Å². The number of benzene rings is 1. The maximum absolute atomic E-state index is 7.42. The zero-order chi connectivity index (χ0) is 12.0. The van der Waals surface area contributed by atoms with E-state index in [0.717, 1.165) is 10.9 Å². The maximum Gasteiger partial charge on any atom is 0.131 e. The van der Waals surface area contributed by atoms with Crippen LogP contribution < -0.4 is 10.5 Å². The van der Waals surface area contributed by atoms with Crippen LogP contribution in [0, 0.1) is 5.41 Å². The number of amidine groups is 1. The van der Waals surface area contributed by atoms with Gasteiger partial charge in [0.1, 0.15) is 11.6 Å². The van der Waals surface area contributed by atoms with Gasteiger partial charge in [-0.05, 0) is 18.2 Å². The van der Waals surface area contributed by atoms with E-state index in [-0.39, 0.29) is 5.84 Å². The van der Waals surface area contributed by atoms with E-state index in [1.807, 2.05) is 12.1 Å². The molecule has 5 heteroatoms. The normalized spacial score (nSPS) is 10.1. The molecule has 0 spiro atoms. The third-order valence-corrected chi connectivity index (χ3v) is 2.48. The molecule has 3 N–H and O–H groups in total. The fourth-order valence-electron chi connectivity index (χ4n) is 1.22. The summed E-state index contributed by atoms with van der Waals surface area (Å²) in [5, 5.41) is 7.42. The van der Waals surface area contributed by atoms with Gasteiger partial charge >= 0.3 is 0 Å². The molecule has 0 atom stereocenters. The van der Waals surface area contributed by atoms with Crippen LogP contribution in [0.3, 0.4) is 0 Å². The van der Waals surface area contributed by atoms with Crippen LogP contribution in [0.25, 0.3) is 0 Å². The van der Waals surface area contributed by atoms with E-state index in [1.54, 1.807) is 13.2 Å². The highest BCUT2D eigenvalue weighted by Crippen LogP contribution is 2.23. The Morgan fingerprint density at radius 1 is 1.44 bits per heavy atom. The van der Waals surface area contributed by atoms with Crippen molar-refractivity contribution in [1.29, 1.82) is 5.41 Å². The molecule has 0 heterocycles. The molecule has 1 rings (SSSR count). The van der Waals surface area contributed by atoms with Crippen LogP contribution in [0.15, 0.2) is 22.7 Å². The van der Waals surface area contributed by atoms with E-state index in [4.69, 9.17) is 20.6 Å². The lowest BCUT2D eigenvalue weighted by molar-refractivity contribution is 0.172. The van der Waals surface area contributed by atoms with Gasteiger partial charge in [0.15, 0.2) is 0 Å². The molecule has 0 bridgehead atoms. The maximum atomic E-state index is 7.42. The molecule has 0 fully saturated rings. The summed E-state index contributed by atoms with van der Waals surface area (Å²) in [6, 6.07) is 5.40. The molecule has 4 nitrogen and oxygen atoms in total. The minimum Gasteiger partial charge on any atom is -0.493 e. The highest BCUT2D eigenvalue weighted by atomic mass is 79.9.